The fraction of sp³-hybridized carbons (Fsp3) is 0.429. The van der Waals surface area contributed by atoms with Crippen LogP contribution in [0.5, 0.6) is 0 Å². The first kappa shape index (κ1) is 8.73. The molecule has 1 heterocycles. The molecule has 0 spiro atoms. The van der Waals surface area contributed by atoms with E-state index >= 15 is 0 Å². The maximum Gasteiger partial charge on any atom is 0.326 e. The molecule has 1 rings (SSSR count). The van der Waals surface area contributed by atoms with Crippen LogP contribution in [0.4, 0.5) is 0 Å². The van der Waals surface area contributed by atoms with Gasteiger partial charge in [0.05, 0.1) is 12.0 Å². The van der Waals surface area contributed by atoms with Gasteiger partial charge in [-0.1, -0.05) is 0 Å². The van der Waals surface area contributed by atoms with E-state index in [0.29, 0.717) is 5.69 Å². The summed E-state index contributed by atoms with van der Waals surface area (Å²) in [6.07, 6.45) is 1.55. The number of hydrogen-bond acceptors (Lipinski definition) is 3. The molecule has 0 saturated heterocycles. The number of aryl methyl sites for hydroxylation is 1. The molecule has 0 aromatic carbocycles. The average Bonchev–Trinajstić information content (AvgIpc) is 2.32. The highest BCUT2D eigenvalue weighted by atomic mass is 16.4. The van der Waals surface area contributed by atoms with Crippen molar-refractivity contribution < 1.29 is 9.90 Å². The molecule has 1 unspecified atom stereocenters. The monoisotopic (exact) mass is 169 g/mol. The van der Waals surface area contributed by atoms with Gasteiger partial charge in [0.25, 0.3) is 0 Å². The lowest BCUT2D eigenvalue weighted by Crippen LogP contribution is -2.22. The molecule has 12 heavy (non-hydrogen) atoms. The average molecular weight is 169 g/mol. The second kappa shape index (κ2) is 2.94. The third-order valence-electron chi connectivity index (χ3n) is 1.83. The molecule has 1 atom stereocenters. The zero-order valence-corrected chi connectivity index (χ0v) is 6.98. The summed E-state index contributed by atoms with van der Waals surface area (Å²) in [5, 5.41) is 8.59. The van der Waals surface area contributed by atoms with E-state index in [1.807, 2.05) is 0 Å². The van der Waals surface area contributed by atoms with Gasteiger partial charge in [-0.3, -0.25) is 4.79 Å². The summed E-state index contributed by atoms with van der Waals surface area (Å²) in [6.45, 7) is 1.78. The molecule has 3 N–H and O–H groups in total. The van der Waals surface area contributed by atoms with E-state index in [1.165, 1.54) is 0 Å². The predicted octanol–water partition coefficient (Wildman–Crippen LogP) is -0.187. The van der Waals surface area contributed by atoms with E-state index < -0.39 is 12.0 Å². The molecular formula is C7H11N3O2. The first-order chi connectivity index (χ1) is 5.54. The maximum atomic E-state index is 10.5. The van der Waals surface area contributed by atoms with Crippen LogP contribution in [0, 0.1) is 6.92 Å². The van der Waals surface area contributed by atoms with Gasteiger partial charge in [0, 0.05) is 12.7 Å². The van der Waals surface area contributed by atoms with E-state index in [9.17, 15) is 4.79 Å². The molecule has 1 aromatic heterocycles. The summed E-state index contributed by atoms with van der Waals surface area (Å²) in [5.74, 6) is -1.06. The van der Waals surface area contributed by atoms with Gasteiger partial charge in [-0.05, 0) is 6.92 Å². The van der Waals surface area contributed by atoms with Crippen molar-refractivity contribution in [3.8, 4) is 0 Å². The fourth-order valence-electron chi connectivity index (χ4n) is 0.932. The first-order valence-electron chi connectivity index (χ1n) is 3.50. The van der Waals surface area contributed by atoms with Crippen LogP contribution in [-0.4, -0.2) is 20.6 Å². The van der Waals surface area contributed by atoms with E-state index in [4.69, 9.17) is 10.8 Å². The maximum absolute atomic E-state index is 10.5. The van der Waals surface area contributed by atoms with Crippen LogP contribution in [0.15, 0.2) is 6.33 Å². The predicted molar refractivity (Wildman–Crippen MR) is 42.5 cm³/mol. The molecule has 0 aliphatic rings. The normalized spacial score (nSPS) is 12.9. The van der Waals surface area contributed by atoms with Crippen LogP contribution in [0.3, 0.4) is 0 Å². The minimum Gasteiger partial charge on any atom is -0.480 e. The van der Waals surface area contributed by atoms with E-state index in [-0.39, 0.29) is 0 Å². The fourth-order valence-corrected chi connectivity index (χ4v) is 0.932. The van der Waals surface area contributed by atoms with Crippen molar-refractivity contribution in [1.29, 1.82) is 0 Å². The van der Waals surface area contributed by atoms with Gasteiger partial charge < -0.3 is 15.4 Å². The second-order valence-electron chi connectivity index (χ2n) is 2.64. The lowest BCUT2D eigenvalue weighted by Gasteiger charge is -2.03. The first-order valence-corrected chi connectivity index (χ1v) is 3.50. The van der Waals surface area contributed by atoms with Crippen LogP contribution >= 0.6 is 0 Å². The number of nitrogens with two attached hydrogens (primary N) is 1. The van der Waals surface area contributed by atoms with Gasteiger partial charge in [-0.15, -0.1) is 0 Å². The number of aliphatic carboxylic acids is 1. The van der Waals surface area contributed by atoms with Crippen LogP contribution < -0.4 is 5.73 Å². The van der Waals surface area contributed by atoms with Crippen molar-refractivity contribution in [3.05, 3.63) is 17.7 Å². The van der Waals surface area contributed by atoms with Crippen LogP contribution in [0.2, 0.25) is 0 Å². The van der Waals surface area contributed by atoms with Gasteiger partial charge in [-0.2, -0.15) is 0 Å². The molecular weight excluding hydrogens is 158 g/mol. The third kappa shape index (κ3) is 1.31. The summed E-state index contributed by atoms with van der Waals surface area (Å²) in [6, 6.07) is -1.02. The number of carboxylic acid groups (broad SMARTS) is 1. The van der Waals surface area contributed by atoms with Gasteiger partial charge in [0.2, 0.25) is 0 Å². The van der Waals surface area contributed by atoms with Crippen molar-refractivity contribution in [1.82, 2.24) is 9.55 Å². The number of rotatable bonds is 2. The van der Waals surface area contributed by atoms with Crippen LogP contribution in [0.25, 0.3) is 0 Å². The van der Waals surface area contributed by atoms with Crippen molar-refractivity contribution in [2.45, 2.75) is 13.0 Å². The molecule has 0 bridgehead atoms. The van der Waals surface area contributed by atoms with Gasteiger partial charge in [-0.25, -0.2) is 4.98 Å². The molecule has 0 aliphatic heterocycles. The SMILES string of the molecule is Cc1c(C(N)C(=O)O)ncn1C. The summed E-state index contributed by atoms with van der Waals surface area (Å²) >= 11 is 0. The Morgan fingerprint density at radius 3 is 2.75 bits per heavy atom. The Morgan fingerprint density at radius 2 is 2.42 bits per heavy atom. The Bertz CT molecular complexity index is 306. The zero-order valence-electron chi connectivity index (χ0n) is 6.98. The van der Waals surface area contributed by atoms with Crippen LogP contribution in [0.1, 0.15) is 17.4 Å². The minimum absolute atomic E-state index is 0.421. The molecule has 0 amide bonds. The summed E-state index contributed by atoms with van der Waals surface area (Å²) in [7, 11) is 1.79. The molecule has 0 saturated carbocycles. The smallest absolute Gasteiger partial charge is 0.326 e. The van der Waals surface area contributed by atoms with Crippen LogP contribution in [-0.2, 0) is 11.8 Å². The highest BCUT2D eigenvalue weighted by Gasteiger charge is 2.19. The summed E-state index contributed by atoms with van der Waals surface area (Å²) in [5.41, 5.74) is 6.58. The van der Waals surface area contributed by atoms with Gasteiger partial charge in [0.1, 0.15) is 6.04 Å². The Hall–Kier alpha value is -1.36. The van der Waals surface area contributed by atoms with Gasteiger partial charge >= 0.3 is 5.97 Å². The number of hydrogen-bond donors (Lipinski definition) is 2. The van der Waals surface area contributed by atoms with E-state index in [2.05, 4.69) is 4.98 Å². The van der Waals surface area contributed by atoms with Gasteiger partial charge in [0.15, 0.2) is 0 Å². The second-order valence-corrected chi connectivity index (χ2v) is 2.64. The summed E-state index contributed by atoms with van der Waals surface area (Å²) in [4.78, 5) is 14.4. The largest absolute Gasteiger partial charge is 0.480 e. The Balaban J connectivity index is 3.03. The zero-order chi connectivity index (χ0) is 9.30. The lowest BCUT2D eigenvalue weighted by molar-refractivity contribution is -0.138. The molecule has 0 aliphatic carbocycles. The molecule has 5 heteroatoms. The lowest BCUT2D eigenvalue weighted by atomic mass is 10.2. The third-order valence-corrected chi connectivity index (χ3v) is 1.83. The van der Waals surface area contributed by atoms with E-state index in [0.717, 1.165) is 5.69 Å². The Kier molecular flexibility index (Phi) is 2.14. The Morgan fingerprint density at radius 1 is 1.83 bits per heavy atom. The topological polar surface area (TPSA) is 81.1 Å². The highest BCUT2D eigenvalue weighted by molar-refractivity contribution is 5.74. The minimum atomic E-state index is -1.06. The number of nitrogens with zero attached hydrogens (tertiary/aromatic N) is 2. The standard InChI is InChI=1S/C7H11N3O2/c1-4-6(5(8)7(11)12)9-3-10(4)2/h3,5H,8H2,1-2H3,(H,11,12). The summed E-state index contributed by atoms with van der Waals surface area (Å²) < 4.78 is 1.73. The quantitative estimate of drug-likeness (QED) is 0.643. The van der Waals surface area contributed by atoms with Crippen molar-refractivity contribution >= 4 is 5.97 Å². The number of aromatic nitrogens is 2. The number of carboxylic acids is 1. The Labute approximate surface area is 69.8 Å². The molecule has 1 aromatic rings. The van der Waals surface area contributed by atoms with Crippen molar-refractivity contribution in [2.75, 3.05) is 0 Å². The molecule has 5 nitrogen and oxygen atoms in total. The number of imidazole rings is 1. The molecule has 0 radical (unpaired) electrons. The molecule has 0 fully saturated rings. The van der Waals surface area contributed by atoms with Crippen molar-refractivity contribution in [2.24, 2.45) is 12.8 Å². The molecule has 66 valence electrons. The van der Waals surface area contributed by atoms with Crippen molar-refractivity contribution in [3.63, 3.8) is 0 Å². The number of carbonyl (C=O) groups is 1. The highest BCUT2D eigenvalue weighted by Crippen LogP contribution is 2.12. The van der Waals surface area contributed by atoms with E-state index in [1.54, 1.807) is 24.9 Å².